The monoisotopic (exact) mass is 250 g/mol. The van der Waals surface area contributed by atoms with Crippen molar-refractivity contribution < 1.29 is 0 Å². The molecule has 0 amide bonds. The van der Waals surface area contributed by atoms with Crippen molar-refractivity contribution in [2.75, 3.05) is 14.1 Å². The normalized spacial score (nSPS) is 11.5. The van der Waals surface area contributed by atoms with Crippen molar-refractivity contribution in [3.8, 4) is 0 Å². The fraction of sp³-hybridized carbons (Fsp3) is 0.364. The van der Waals surface area contributed by atoms with Gasteiger partial charge in [0.15, 0.2) is 0 Å². The third-order valence-corrected chi connectivity index (χ3v) is 3.60. The number of thiophene rings is 1. The van der Waals surface area contributed by atoms with Gasteiger partial charge in [0.05, 0.1) is 5.39 Å². The third-order valence-electron chi connectivity index (χ3n) is 2.48. The van der Waals surface area contributed by atoms with Crippen LogP contribution in [0.25, 0.3) is 10.2 Å². The van der Waals surface area contributed by atoms with Crippen molar-refractivity contribution in [1.82, 2.24) is 14.6 Å². The van der Waals surface area contributed by atoms with E-state index in [2.05, 4.69) is 10.1 Å². The van der Waals surface area contributed by atoms with Gasteiger partial charge in [-0.25, -0.2) is 4.98 Å². The molecule has 2 aromatic rings. The average Bonchev–Trinajstić information content (AvgIpc) is 2.54. The molecular formula is C11H14N4OS. The van der Waals surface area contributed by atoms with Crippen molar-refractivity contribution in [1.29, 1.82) is 0 Å². The highest BCUT2D eigenvalue weighted by Crippen LogP contribution is 2.25. The first-order valence-electron chi connectivity index (χ1n) is 5.19. The Kier molecular flexibility index (Phi) is 2.97. The Bertz CT molecular complexity index is 639. The summed E-state index contributed by atoms with van der Waals surface area (Å²) in [5, 5.41) is 4.73. The number of hydrogen-bond donors (Lipinski definition) is 0. The molecule has 17 heavy (non-hydrogen) atoms. The Morgan fingerprint density at radius 2 is 2.18 bits per heavy atom. The molecule has 0 aliphatic heterocycles. The molecular weight excluding hydrogens is 236 g/mol. The largest absolute Gasteiger partial charge is 0.367 e. The molecule has 0 aromatic carbocycles. The van der Waals surface area contributed by atoms with Gasteiger partial charge in [-0.2, -0.15) is 9.78 Å². The highest BCUT2D eigenvalue weighted by Gasteiger charge is 2.11. The summed E-state index contributed by atoms with van der Waals surface area (Å²) in [5.41, 5.74) is 0.881. The maximum absolute atomic E-state index is 12.2. The van der Waals surface area contributed by atoms with Crippen LogP contribution in [0, 0.1) is 13.8 Å². The van der Waals surface area contributed by atoms with Gasteiger partial charge >= 0.3 is 0 Å². The number of aryl methyl sites for hydroxylation is 2. The highest BCUT2D eigenvalue weighted by atomic mass is 32.1. The lowest BCUT2D eigenvalue weighted by Gasteiger charge is -2.03. The van der Waals surface area contributed by atoms with E-state index < -0.39 is 0 Å². The van der Waals surface area contributed by atoms with E-state index in [-0.39, 0.29) is 5.56 Å². The molecule has 0 saturated carbocycles. The Hall–Kier alpha value is -1.69. The minimum absolute atomic E-state index is 0.116. The van der Waals surface area contributed by atoms with Gasteiger partial charge < -0.3 is 4.90 Å². The molecule has 0 unspecified atom stereocenters. The number of aromatic nitrogens is 2. The van der Waals surface area contributed by atoms with Crippen molar-refractivity contribution in [3.05, 3.63) is 27.1 Å². The van der Waals surface area contributed by atoms with E-state index in [9.17, 15) is 4.79 Å². The Balaban J connectivity index is 2.65. The standard InChI is InChI=1S/C11H14N4OS/c1-7-8(2)17-10-9(7)11(16)15(5-12-10)13-6-14(3)4/h5-6H,1-4H3/b13-6+. The number of nitrogens with zero attached hydrogens (tertiary/aromatic N) is 4. The summed E-state index contributed by atoms with van der Waals surface area (Å²) in [6.45, 7) is 3.94. The predicted octanol–water partition coefficient (Wildman–Crippen LogP) is 1.43. The molecule has 0 spiro atoms. The summed E-state index contributed by atoms with van der Waals surface area (Å²) < 4.78 is 1.27. The number of fused-ring (bicyclic) bond motifs is 1. The summed E-state index contributed by atoms with van der Waals surface area (Å²) in [7, 11) is 3.70. The summed E-state index contributed by atoms with van der Waals surface area (Å²) in [5.74, 6) is 0. The van der Waals surface area contributed by atoms with E-state index >= 15 is 0 Å². The lowest BCUT2D eigenvalue weighted by molar-refractivity contribution is 0.629. The minimum Gasteiger partial charge on any atom is -0.367 e. The van der Waals surface area contributed by atoms with Crippen molar-refractivity contribution in [3.63, 3.8) is 0 Å². The zero-order valence-corrected chi connectivity index (χ0v) is 11.1. The molecule has 6 heteroatoms. The molecule has 2 heterocycles. The summed E-state index contributed by atoms with van der Waals surface area (Å²) in [4.78, 5) is 20.1. The van der Waals surface area contributed by atoms with Crippen LogP contribution in [-0.4, -0.2) is 35.0 Å². The van der Waals surface area contributed by atoms with Crippen LogP contribution in [0.15, 0.2) is 16.2 Å². The second kappa shape index (κ2) is 4.29. The van der Waals surface area contributed by atoms with Crippen LogP contribution in [0.3, 0.4) is 0 Å². The topological polar surface area (TPSA) is 50.5 Å². The third kappa shape index (κ3) is 2.08. The molecule has 0 radical (unpaired) electrons. The zero-order chi connectivity index (χ0) is 12.6. The van der Waals surface area contributed by atoms with E-state index in [0.717, 1.165) is 15.3 Å². The molecule has 2 aromatic heterocycles. The highest BCUT2D eigenvalue weighted by molar-refractivity contribution is 7.18. The van der Waals surface area contributed by atoms with Gasteiger partial charge in [0, 0.05) is 19.0 Å². The van der Waals surface area contributed by atoms with Crippen LogP contribution in [0.5, 0.6) is 0 Å². The summed E-state index contributed by atoms with van der Waals surface area (Å²) in [6, 6.07) is 0. The minimum atomic E-state index is -0.116. The average molecular weight is 250 g/mol. The van der Waals surface area contributed by atoms with E-state index in [1.54, 1.807) is 11.2 Å². The van der Waals surface area contributed by atoms with Crippen molar-refractivity contribution in [2.24, 2.45) is 5.10 Å². The van der Waals surface area contributed by atoms with Gasteiger partial charge in [-0.3, -0.25) is 4.79 Å². The Morgan fingerprint density at radius 3 is 2.82 bits per heavy atom. The molecule has 5 nitrogen and oxygen atoms in total. The fourth-order valence-corrected chi connectivity index (χ4v) is 2.45. The number of rotatable bonds is 2. The first kappa shape index (κ1) is 11.8. The molecule has 0 saturated heterocycles. The predicted molar refractivity (Wildman–Crippen MR) is 70.9 cm³/mol. The first-order valence-corrected chi connectivity index (χ1v) is 6.00. The second-order valence-electron chi connectivity index (χ2n) is 4.05. The SMILES string of the molecule is Cc1sc2ncn(/N=C/N(C)C)c(=O)c2c1C. The van der Waals surface area contributed by atoms with Crippen LogP contribution in [0.2, 0.25) is 0 Å². The maximum Gasteiger partial charge on any atom is 0.283 e. The molecule has 0 atom stereocenters. The van der Waals surface area contributed by atoms with Gasteiger partial charge in [-0.05, 0) is 19.4 Å². The van der Waals surface area contributed by atoms with Gasteiger partial charge in [0.25, 0.3) is 5.56 Å². The Morgan fingerprint density at radius 1 is 1.47 bits per heavy atom. The van der Waals surface area contributed by atoms with Crippen LogP contribution in [-0.2, 0) is 0 Å². The second-order valence-corrected chi connectivity index (χ2v) is 5.26. The Labute approximate surface area is 103 Å². The van der Waals surface area contributed by atoms with E-state index in [1.165, 1.54) is 22.3 Å². The summed E-state index contributed by atoms with van der Waals surface area (Å²) >= 11 is 1.54. The molecule has 0 aliphatic rings. The quantitative estimate of drug-likeness (QED) is 0.598. The lowest BCUT2D eigenvalue weighted by atomic mass is 10.2. The first-order chi connectivity index (χ1) is 8.00. The molecule has 0 N–H and O–H groups in total. The zero-order valence-electron chi connectivity index (χ0n) is 10.3. The van der Waals surface area contributed by atoms with Crippen molar-refractivity contribution >= 4 is 27.9 Å². The van der Waals surface area contributed by atoms with Crippen LogP contribution in [0.4, 0.5) is 0 Å². The van der Waals surface area contributed by atoms with Crippen molar-refractivity contribution in [2.45, 2.75) is 13.8 Å². The van der Waals surface area contributed by atoms with E-state index in [1.807, 2.05) is 27.9 Å². The van der Waals surface area contributed by atoms with Gasteiger partial charge in [0.2, 0.25) is 0 Å². The van der Waals surface area contributed by atoms with Gasteiger partial charge in [-0.1, -0.05) is 0 Å². The van der Waals surface area contributed by atoms with Crippen LogP contribution >= 0.6 is 11.3 Å². The van der Waals surface area contributed by atoms with Crippen LogP contribution < -0.4 is 5.56 Å². The van der Waals surface area contributed by atoms with Gasteiger partial charge in [0.1, 0.15) is 17.5 Å². The van der Waals surface area contributed by atoms with Gasteiger partial charge in [-0.15, -0.1) is 11.3 Å². The maximum atomic E-state index is 12.2. The molecule has 0 aliphatic carbocycles. The molecule has 2 rings (SSSR count). The number of hydrogen-bond acceptors (Lipinski definition) is 4. The van der Waals surface area contributed by atoms with E-state index in [0.29, 0.717) is 5.39 Å². The van der Waals surface area contributed by atoms with E-state index in [4.69, 9.17) is 0 Å². The smallest absolute Gasteiger partial charge is 0.283 e. The molecule has 90 valence electrons. The lowest BCUT2D eigenvalue weighted by Crippen LogP contribution is -2.19. The molecule has 0 fully saturated rings. The fourth-order valence-electron chi connectivity index (χ4n) is 1.47. The summed E-state index contributed by atoms with van der Waals surface area (Å²) in [6.07, 6.45) is 3.03. The van der Waals surface area contributed by atoms with Crippen LogP contribution in [0.1, 0.15) is 10.4 Å². The molecule has 0 bridgehead atoms.